The maximum atomic E-state index is 13.2. The zero-order valence-corrected chi connectivity index (χ0v) is 13.6. The minimum Gasteiger partial charge on any atom is -0.396 e. The van der Waals surface area contributed by atoms with Gasteiger partial charge in [-0.15, -0.1) is 22.0 Å². The van der Waals surface area contributed by atoms with Gasteiger partial charge < -0.3 is 5.11 Å². The number of rotatable bonds is 4. The number of aliphatic hydroxyl groups excluding tert-OH is 1. The molecule has 1 aromatic carbocycles. The topological polar surface area (TPSA) is 63.3 Å². The van der Waals surface area contributed by atoms with Crippen molar-refractivity contribution in [3.05, 3.63) is 29.6 Å². The molecule has 0 aliphatic heterocycles. The van der Waals surface area contributed by atoms with E-state index in [0.29, 0.717) is 22.6 Å². The lowest BCUT2D eigenvalue weighted by atomic mass is 10.2. The molecule has 0 aliphatic rings. The molecule has 2 aromatic heterocycles. The number of aromatic nitrogens is 4. The molecule has 0 saturated carbocycles. The van der Waals surface area contributed by atoms with Crippen molar-refractivity contribution in [2.45, 2.75) is 23.8 Å². The second-order valence-electron chi connectivity index (χ2n) is 5.22. The lowest BCUT2D eigenvalue weighted by molar-refractivity contribution is -0.145. The molecule has 26 heavy (non-hydrogen) atoms. The van der Waals surface area contributed by atoms with E-state index in [-0.39, 0.29) is 22.8 Å². The number of halogens is 6. The summed E-state index contributed by atoms with van der Waals surface area (Å²) in [5, 5.41) is 15.5. The fourth-order valence-corrected chi connectivity index (χ4v) is 3.19. The molecule has 140 valence electrons. The SMILES string of the molecule is OCCCSc1nc2ccc(C(F)(F)F)cc2n2c(C(F)(F)F)nnc12. The van der Waals surface area contributed by atoms with E-state index in [1.807, 2.05) is 0 Å². The smallest absolute Gasteiger partial charge is 0.396 e. The summed E-state index contributed by atoms with van der Waals surface area (Å²) >= 11 is 1.04. The van der Waals surface area contributed by atoms with Crippen molar-refractivity contribution in [3.8, 4) is 0 Å². The van der Waals surface area contributed by atoms with Crippen molar-refractivity contribution in [2.75, 3.05) is 12.4 Å². The number of hydrogen-bond donors (Lipinski definition) is 1. The van der Waals surface area contributed by atoms with Crippen molar-refractivity contribution >= 4 is 28.4 Å². The molecule has 0 bridgehead atoms. The number of fused-ring (bicyclic) bond motifs is 3. The van der Waals surface area contributed by atoms with E-state index in [1.165, 1.54) is 0 Å². The summed E-state index contributed by atoms with van der Waals surface area (Å²) in [4.78, 5) is 4.12. The first-order chi connectivity index (χ1) is 12.1. The molecule has 0 aliphatic carbocycles. The molecule has 12 heteroatoms. The van der Waals surface area contributed by atoms with Crippen LogP contribution in [-0.4, -0.2) is 37.0 Å². The molecule has 0 atom stereocenters. The predicted octanol–water partition coefficient (Wildman–Crippen LogP) is 3.79. The Bertz CT molecular complexity index is 952. The van der Waals surface area contributed by atoms with Gasteiger partial charge in [0.1, 0.15) is 5.03 Å². The van der Waals surface area contributed by atoms with Crippen LogP contribution in [0.1, 0.15) is 17.8 Å². The molecule has 0 spiro atoms. The molecule has 0 radical (unpaired) electrons. The highest BCUT2D eigenvalue weighted by molar-refractivity contribution is 7.99. The molecule has 0 unspecified atom stereocenters. The number of benzene rings is 1. The molecule has 1 N–H and O–H groups in total. The molecule has 0 fully saturated rings. The van der Waals surface area contributed by atoms with Crippen LogP contribution in [0.15, 0.2) is 23.2 Å². The summed E-state index contributed by atoms with van der Waals surface area (Å²) in [6, 6.07) is 2.35. The van der Waals surface area contributed by atoms with Crippen molar-refractivity contribution in [2.24, 2.45) is 0 Å². The van der Waals surface area contributed by atoms with Crippen LogP contribution >= 0.6 is 11.8 Å². The normalized spacial score (nSPS) is 13.0. The van der Waals surface area contributed by atoms with Crippen molar-refractivity contribution in [3.63, 3.8) is 0 Å². The Hall–Kier alpha value is -2.08. The maximum Gasteiger partial charge on any atom is 0.452 e. The molecule has 3 aromatic rings. The van der Waals surface area contributed by atoms with E-state index in [4.69, 9.17) is 5.11 Å². The molecular weight excluding hydrogens is 386 g/mol. The first-order valence-electron chi connectivity index (χ1n) is 7.20. The van der Waals surface area contributed by atoms with Crippen LogP contribution in [0.4, 0.5) is 26.3 Å². The van der Waals surface area contributed by atoms with Gasteiger partial charge in [-0.25, -0.2) is 4.98 Å². The molecule has 0 amide bonds. The van der Waals surface area contributed by atoms with Gasteiger partial charge in [0, 0.05) is 12.4 Å². The van der Waals surface area contributed by atoms with Crippen LogP contribution in [0.3, 0.4) is 0 Å². The highest BCUT2D eigenvalue weighted by Gasteiger charge is 2.38. The van der Waals surface area contributed by atoms with Gasteiger partial charge in [0.25, 0.3) is 0 Å². The molecule has 2 heterocycles. The fourth-order valence-electron chi connectivity index (χ4n) is 2.30. The first kappa shape index (κ1) is 18.7. The summed E-state index contributed by atoms with van der Waals surface area (Å²) in [6.45, 7) is -0.119. The Morgan fingerprint density at radius 1 is 1.04 bits per heavy atom. The van der Waals surface area contributed by atoms with Crippen LogP contribution in [0.25, 0.3) is 16.7 Å². The lowest BCUT2D eigenvalue weighted by Gasteiger charge is -2.12. The average molecular weight is 396 g/mol. The second kappa shape index (κ2) is 6.58. The number of aliphatic hydroxyl groups is 1. The van der Waals surface area contributed by atoms with Crippen molar-refractivity contribution < 1.29 is 31.4 Å². The van der Waals surface area contributed by atoms with Crippen LogP contribution < -0.4 is 0 Å². The quantitative estimate of drug-likeness (QED) is 0.413. The van der Waals surface area contributed by atoms with Crippen LogP contribution in [0, 0.1) is 0 Å². The Balaban J connectivity index is 2.31. The Kier molecular flexibility index (Phi) is 4.73. The minimum atomic E-state index is -4.91. The van der Waals surface area contributed by atoms with Gasteiger partial charge in [0.2, 0.25) is 5.82 Å². The minimum absolute atomic E-state index is 0.0534. The van der Waals surface area contributed by atoms with E-state index < -0.39 is 29.3 Å². The largest absolute Gasteiger partial charge is 0.452 e. The van der Waals surface area contributed by atoms with Gasteiger partial charge in [-0.05, 0) is 24.6 Å². The third-order valence-corrected chi connectivity index (χ3v) is 4.45. The monoisotopic (exact) mass is 396 g/mol. The zero-order valence-electron chi connectivity index (χ0n) is 12.8. The summed E-state index contributed by atoms with van der Waals surface area (Å²) in [7, 11) is 0. The summed E-state index contributed by atoms with van der Waals surface area (Å²) in [5.74, 6) is -1.08. The molecule has 5 nitrogen and oxygen atoms in total. The van der Waals surface area contributed by atoms with Gasteiger partial charge in [-0.3, -0.25) is 4.40 Å². The number of nitrogens with zero attached hydrogens (tertiary/aromatic N) is 4. The third-order valence-electron chi connectivity index (χ3n) is 3.41. The predicted molar refractivity (Wildman–Crippen MR) is 80.7 cm³/mol. The van der Waals surface area contributed by atoms with Gasteiger partial charge in [-0.2, -0.15) is 26.3 Å². The number of alkyl halides is 6. The maximum absolute atomic E-state index is 13.2. The van der Waals surface area contributed by atoms with E-state index in [9.17, 15) is 26.3 Å². The lowest BCUT2D eigenvalue weighted by Crippen LogP contribution is -2.12. The highest BCUT2D eigenvalue weighted by Crippen LogP contribution is 2.35. The Morgan fingerprint density at radius 3 is 2.38 bits per heavy atom. The average Bonchev–Trinajstić information content (AvgIpc) is 2.99. The summed E-state index contributed by atoms with van der Waals surface area (Å²) in [6.07, 6.45) is -9.26. The summed E-state index contributed by atoms with van der Waals surface area (Å²) in [5.41, 5.74) is -1.83. The van der Waals surface area contributed by atoms with E-state index in [0.717, 1.165) is 23.9 Å². The third kappa shape index (κ3) is 3.43. The Labute approximate surface area is 146 Å². The first-order valence-corrected chi connectivity index (χ1v) is 8.18. The van der Waals surface area contributed by atoms with Gasteiger partial charge in [0.05, 0.1) is 16.6 Å². The van der Waals surface area contributed by atoms with Crippen molar-refractivity contribution in [1.82, 2.24) is 19.6 Å². The highest BCUT2D eigenvalue weighted by atomic mass is 32.2. The molecule has 0 saturated heterocycles. The fraction of sp³-hybridized carbons (Fsp3) is 0.357. The van der Waals surface area contributed by atoms with Crippen LogP contribution in [0.5, 0.6) is 0 Å². The van der Waals surface area contributed by atoms with E-state index in [1.54, 1.807) is 0 Å². The van der Waals surface area contributed by atoms with Gasteiger partial charge in [0.15, 0.2) is 5.65 Å². The van der Waals surface area contributed by atoms with E-state index >= 15 is 0 Å². The van der Waals surface area contributed by atoms with E-state index in [2.05, 4.69) is 15.2 Å². The number of hydrogen-bond acceptors (Lipinski definition) is 5. The van der Waals surface area contributed by atoms with Crippen LogP contribution in [0.2, 0.25) is 0 Å². The summed E-state index contributed by atoms with van der Waals surface area (Å²) < 4.78 is 79.1. The van der Waals surface area contributed by atoms with Gasteiger partial charge in [-0.1, -0.05) is 0 Å². The second-order valence-corrected chi connectivity index (χ2v) is 6.31. The van der Waals surface area contributed by atoms with Crippen LogP contribution in [-0.2, 0) is 12.4 Å². The zero-order chi connectivity index (χ0) is 19.1. The van der Waals surface area contributed by atoms with Gasteiger partial charge >= 0.3 is 12.4 Å². The standard InChI is InChI=1S/C14H10F6N4OS/c15-13(16,17)7-2-3-8-9(6-7)24-10(11(21-8)26-5-1-4-25)22-23-12(24)14(18,19)20/h2-3,6,25H,1,4-5H2. The molecule has 3 rings (SSSR count). The number of thioether (sulfide) groups is 1. The molecular formula is C14H10F6N4OS. The van der Waals surface area contributed by atoms with Crippen molar-refractivity contribution in [1.29, 1.82) is 0 Å². The Morgan fingerprint density at radius 2 is 1.77 bits per heavy atom.